The number of allylic oxidation sites excluding steroid dienone is 1. The number of rotatable bonds is 9. The summed E-state index contributed by atoms with van der Waals surface area (Å²) >= 11 is 0. The maximum absolute atomic E-state index is 6.46. The lowest BCUT2D eigenvalue weighted by atomic mass is 10.2. The zero-order valence-electron chi connectivity index (χ0n) is 17.1. The van der Waals surface area contributed by atoms with Crippen LogP contribution in [0, 0.1) is 0 Å². The van der Waals surface area contributed by atoms with E-state index in [0.717, 1.165) is 6.42 Å². The quantitative estimate of drug-likeness (QED) is 0.287. The van der Waals surface area contributed by atoms with Gasteiger partial charge in [0.25, 0.3) is 0 Å². The standard InChI is InChI=1S/C27H24O3Si/c1-5-14-24(15-6-1)16-13-23-31(28-25-17-7-2-8-18-25,29-26-19-9-3-10-20-26)30-27-21-11-4-12-22-27/h1-15,17-23H,16H2. The van der Waals surface area contributed by atoms with E-state index in [1.807, 2.05) is 115 Å². The van der Waals surface area contributed by atoms with E-state index in [0.29, 0.717) is 17.2 Å². The van der Waals surface area contributed by atoms with Crippen molar-refractivity contribution in [2.24, 2.45) is 0 Å². The summed E-state index contributed by atoms with van der Waals surface area (Å²) in [5.41, 5.74) is 3.17. The number of benzene rings is 4. The molecule has 0 fully saturated rings. The molecule has 31 heavy (non-hydrogen) atoms. The van der Waals surface area contributed by atoms with Crippen LogP contribution in [0.5, 0.6) is 17.2 Å². The first kappa shape index (κ1) is 20.5. The van der Waals surface area contributed by atoms with Crippen LogP contribution >= 0.6 is 0 Å². The van der Waals surface area contributed by atoms with Gasteiger partial charge in [-0.05, 0) is 48.4 Å². The molecule has 0 saturated heterocycles. The molecule has 4 aromatic rings. The van der Waals surface area contributed by atoms with Crippen LogP contribution in [0.1, 0.15) is 5.56 Å². The molecule has 0 aromatic heterocycles. The van der Waals surface area contributed by atoms with Crippen LogP contribution in [0.15, 0.2) is 133 Å². The SMILES string of the molecule is C(=C[Si](Oc1ccccc1)(Oc1ccccc1)Oc1ccccc1)Cc1ccccc1. The highest BCUT2D eigenvalue weighted by Crippen LogP contribution is 2.25. The number of para-hydroxylation sites is 3. The Hall–Kier alpha value is -3.76. The van der Waals surface area contributed by atoms with Crippen molar-refractivity contribution in [3.05, 3.63) is 139 Å². The Morgan fingerprint density at radius 2 is 0.839 bits per heavy atom. The molecule has 0 saturated carbocycles. The van der Waals surface area contributed by atoms with Crippen LogP contribution in [0.4, 0.5) is 0 Å². The Morgan fingerprint density at radius 3 is 1.23 bits per heavy atom. The third-order valence-electron chi connectivity index (χ3n) is 4.53. The molecule has 0 radical (unpaired) electrons. The molecule has 0 unspecified atom stereocenters. The van der Waals surface area contributed by atoms with E-state index < -0.39 is 8.80 Å². The van der Waals surface area contributed by atoms with E-state index in [2.05, 4.69) is 18.2 Å². The van der Waals surface area contributed by atoms with Gasteiger partial charge < -0.3 is 13.3 Å². The Kier molecular flexibility index (Phi) is 6.83. The van der Waals surface area contributed by atoms with E-state index >= 15 is 0 Å². The normalized spacial score (nSPS) is 11.2. The van der Waals surface area contributed by atoms with Crippen molar-refractivity contribution in [1.82, 2.24) is 0 Å². The molecule has 0 aliphatic heterocycles. The molecule has 0 aliphatic rings. The van der Waals surface area contributed by atoms with Crippen molar-refractivity contribution in [3.63, 3.8) is 0 Å². The Morgan fingerprint density at radius 1 is 0.484 bits per heavy atom. The summed E-state index contributed by atoms with van der Waals surface area (Å²) in [7, 11) is -3.35. The first-order valence-electron chi connectivity index (χ1n) is 10.3. The predicted octanol–water partition coefficient (Wildman–Crippen LogP) is 6.50. The molecule has 4 aromatic carbocycles. The lowest BCUT2D eigenvalue weighted by Crippen LogP contribution is -2.53. The number of hydrogen-bond acceptors (Lipinski definition) is 3. The third-order valence-corrected chi connectivity index (χ3v) is 6.73. The zero-order chi connectivity index (χ0) is 21.2. The molecular weight excluding hydrogens is 400 g/mol. The molecule has 0 atom stereocenters. The van der Waals surface area contributed by atoms with E-state index in [1.165, 1.54) is 5.56 Å². The van der Waals surface area contributed by atoms with E-state index in [-0.39, 0.29) is 0 Å². The second-order valence-electron chi connectivity index (χ2n) is 6.94. The second-order valence-corrected chi connectivity index (χ2v) is 9.09. The Balaban J connectivity index is 1.70. The molecule has 0 aliphatic carbocycles. The highest BCUT2D eigenvalue weighted by molar-refractivity contribution is 6.68. The first-order valence-corrected chi connectivity index (χ1v) is 12.1. The molecule has 3 nitrogen and oxygen atoms in total. The van der Waals surface area contributed by atoms with Gasteiger partial charge >= 0.3 is 8.80 Å². The summed E-state index contributed by atoms with van der Waals surface area (Å²) < 4.78 is 19.4. The first-order chi connectivity index (χ1) is 15.3. The van der Waals surface area contributed by atoms with Gasteiger partial charge in [0.1, 0.15) is 17.2 Å². The van der Waals surface area contributed by atoms with Crippen LogP contribution in [0.2, 0.25) is 0 Å². The highest BCUT2D eigenvalue weighted by atomic mass is 28.4. The fraction of sp³-hybridized carbons (Fsp3) is 0.0370. The average Bonchev–Trinajstić information content (AvgIpc) is 2.82. The van der Waals surface area contributed by atoms with Crippen LogP contribution in [0.3, 0.4) is 0 Å². The summed E-state index contributed by atoms with van der Waals surface area (Å²) in [6.07, 6.45) is 2.82. The molecule has 0 spiro atoms. The highest BCUT2D eigenvalue weighted by Gasteiger charge is 2.47. The zero-order valence-corrected chi connectivity index (χ0v) is 18.1. The molecule has 0 bridgehead atoms. The maximum Gasteiger partial charge on any atom is 0.729 e. The fourth-order valence-electron chi connectivity index (χ4n) is 3.08. The van der Waals surface area contributed by atoms with Crippen molar-refractivity contribution in [1.29, 1.82) is 0 Å². The predicted molar refractivity (Wildman–Crippen MR) is 126 cm³/mol. The maximum atomic E-state index is 6.46. The molecule has 4 heteroatoms. The van der Waals surface area contributed by atoms with Crippen LogP contribution in [-0.4, -0.2) is 8.80 Å². The Labute approximate surface area is 184 Å². The third kappa shape index (κ3) is 6.11. The van der Waals surface area contributed by atoms with Crippen molar-refractivity contribution < 1.29 is 13.3 Å². The lowest BCUT2D eigenvalue weighted by Gasteiger charge is -2.28. The van der Waals surface area contributed by atoms with Crippen molar-refractivity contribution >= 4 is 8.80 Å². The summed E-state index contributed by atoms with van der Waals surface area (Å²) in [6.45, 7) is 0. The van der Waals surface area contributed by atoms with Gasteiger partial charge in [-0.1, -0.05) is 91.0 Å². The molecule has 0 heterocycles. The van der Waals surface area contributed by atoms with Crippen molar-refractivity contribution in [2.75, 3.05) is 0 Å². The summed E-state index contributed by atoms with van der Waals surface area (Å²) in [6, 6.07) is 39.3. The van der Waals surface area contributed by atoms with Crippen molar-refractivity contribution in [2.45, 2.75) is 6.42 Å². The summed E-state index contributed by atoms with van der Waals surface area (Å²) in [4.78, 5) is 0. The van der Waals surface area contributed by atoms with E-state index in [4.69, 9.17) is 13.3 Å². The largest absolute Gasteiger partial charge is 0.729 e. The summed E-state index contributed by atoms with van der Waals surface area (Å²) in [5, 5.41) is 0. The van der Waals surface area contributed by atoms with Gasteiger partial charge in [0, 0.05) is 5.70 Å². The minimum atomic E-state index is -3.35. The smallest absolute Gasteiger partial charge is 0.480 e. The van der Waals surface area contributed by atoms with E-state index in [1.54, 1.807) is 0 Å². The topological polar surface area (TPSA) is 27.7 Å². The van der Waals surface area contributed by atoms with Gasteiger partial charge in [0.2, 0.25) is 0 Å². The minimum absolute atomic E-state index is 0.699. The lowest BCUT2D eigenvalue weighted by molar-refractivity contribution is 0.279. The van der Waals surface area contributed by atoms with E-state index in [9.17, 15) is 0 Å². The van der Waals surface area contributed by atoms with Gasteiger partial charge in [-0.15, -0.1) is 0 Å². The summed E-state index contributed by atoms with van der Waals surface area (Å²) in [5.74, 6) is 2.10. The van der Waals surface area contributed by atoms with Crippen LogP contribution in [0.25, 0.3) is 0 Å². The Bertz CT molecular complexity index is 967. The van der Waals surface area contributed by atoms with Crippen molar-refractivity contribution in [3.8, 4) is 17.2 Å². The van der Waals surface area contributed by atoms with Gasteiger partial charge in [-0.2, -0.15) is 0 Å². The van der Waals surface area contributed by atoms with Gasteiger partial charge in [0.05, 0.1) is 0 Å². The van der Waals surface area contributed by atoms with Gasteiger partial charge in [-0.25, -0.2) is 0 Å². The van der Waals surface area contributed by atoms with Gasteiger partial charge in [0.15, 0.2) is 0 Å². The number of hydrogen-bond donors (Lipinski definition) is 0. The minimum Gasteiger partial charge on any atom is -0.480 e. The van der Waals surface area contributed by atoms with Gasteiger partial charge in [-0.3, -0.25) is 0 Å². The molecule has 0 amide bonds. The monoisotopic (exact) mass is 424 g/mol. The molecule has 0 N–H and O–H groups in total. The fourth-order valence-corrected chi connectivity index (χ4v) is 5.21. The average molecular weight is 425 g/mol. The van der Waals surface area contributed by atoms with Crippen LogP contribution < -0.4 is 13.3 Å². The second kappa shape index (κ2) is 10.3. The molecular formula is C27H24O3Si. The van der Waals surface area contributed by atoms with Crippen LogP contribution in [-0.2, 0) is 6.42 Å². The molecule has 4 rings (SSSR count). The molecule has 154 valence electrons.